The highest BCUT2D eigenvalue weighted by Crippen LogP contribution is 2.30. The molecule has 21 heavy (non-hydrogen) atoms. The number of nitrogens with one attached hydrogen (secondary N) is 1. The van der Waals surface area contributed by atoms with Crippen LogP contribution in [0.15, 0.2) is 24.3 Å². The Balaban J connectivity index is 1.97. The van der Waals surface area contributed by atoms with Gasteiger partial charge in [0.05, 0.1) is 0 Å². The van der Waals surface area contributed by atoms with Crippen molar-refractivity contribution in [3.8, 4) is 0 Å². The lowest BCUT2D eigenvalue weighted by atomic mass is 10.1. The Kier molecular flexibility index (Phi) is 5.20. The van der Waals surface area contributed by atoms with E-state index in [0.717, 1.165) is 25.1 Å². The summed E-state index contributed by atoms with van der Waals surface area (Å²) in [6.07, 6.45) is 3.45. The van der Waals surface area contributed by atoms with Gasteiger partial charge in [-0.3, -0.25) is 4.79 Å². The Bertz CT molecular complexity index is 495. The predicted octanol–water partition coefficient (Wildman–Crippen LogP) is 2.12. The monoisotopic (exact) mass is 289 g/mol. The Hall–Kier alpha value is -2.04. The first-order valence-corrected chi connectivity index (χ1v) is 7.51. The summed E-state index contributed by atoms with van der Waals surface area (Å²) in [5.41, 5.74) is 6.66. The predicted molar refractivity (Wildman–Crippen MR) is 81.8 cm³/mol. The summed E-state index contributed by atoms with van der Waals surface area (Å²) in [5.74, 6) is 0.790. The van der Waals surface area contributed by atoms with Gasteiger partial charge >= 0.3 is 6.03 Å². The van der Waals surface area contributed by atoms with Gasteiger partial charge in [0.2, 0.25) is 0 Å². The molecule has 0 heterocycles. The molecule has 0 radical (unpaired) electrons. The van der Waals surface area contributed by atoms with Gasteiger partial charge in [-0.05, 0) is 42.9 Å². The summed E-state index contributed by atoms with van der Waals surface area (Å²) in [4.78, 5) is 25.1. The molecule has 0 bridgehead atoms. The summed E-state index contributed by atoms with van der Waals surface area (Å²) in [7, 11) is 0. The molecule has 0 unspecified atom stereocenters. The maximum atomic E-state index is 12.5. The Morgan fingerprint density at radius 2 is 1.95 bits per heavy atom. The van der Waals surface area contributed by atoms with Crippen LogP contribution in [-0.4, -0.2) is 29.9 Å². The van der Waals surface area contributed by atoms with Gasteiger partial charge in [0.1, 0.15) is 0 Å². The highest BCUT2D eigenvalue weighted by molar-refractivity contribution is 5.94. The first-order valence-electron chi connectivity index (χ1n) is 7.51. The van der Waals surface area contributed by atoms with E-state index in [1.165, 1.54) is 12.8 Å². The summed E-state index contributed by atoms with van der Waals surface area (Å²) < 4.78 is 0. The number of carbonyl (C=O) groups is 2. The highest BCUT2D eigenvalue weighted by Gasteiger charge is 2.26. The zero-order chi connectivity index (χ0) is 15.2. The van der Waals surface area contributed by atoms with E-state index in [-0.39, 0.29) is 5.91 Å². The van der Waals surface area contributed by atoms with Crippen LogP contribution >= 0.6 is 0 Å². The third kappa shape index (κ3) is 4.77. The van der Waals surface area contributed by atoms with Crippen LogP contribution < -0.4 is 11.1 Å². The van der Waals surface area contributed by atoms with Gasteiger partial charge in [0, 0.05) is 25.2 Å². The molecular formula is C16H23N3O2. The molecule has 5 nitrogen and oxygen atoms in total. The van der Waals surface area contributed by atoms with Crippen molar-refractivity contribution in [1.82, 2.24) is 10.2 Å². The lowest BCUT2D eigenvalue weighted by Gasteiger charge is -2.22. The van der Waals surface area contributed by atoms with E-state index >= 15 is 0 Å². The maximum Gasteiger partial charge on any atom is 0.312 e. The number of hydrogen-bond donors (Lipinski definition) is 2. The fraction of sp³-hybridized carbons (Fsp3) is 0.500. The first-order chi connectivity index (χ1) is 10.1. The average Bonchev–Trinajstić information content (AvgIpc) is 3.28. The molecule has 3 amide bonds. The van der Waals surface area contributed by atoms with Crippen LogP contribution in [0.5, 0.6) is 0 Å². The molecule has 0 spiro atoms. The van der Waals surface area contributed by atoms with Gasteiger partial charge in [0.15, 0.2) is 0 Å². The fourth-order valence-electron chi connectivity index (χ4n) is 2.29. The van der Waals surface area contributed by atoms with Crippen molar-refractivity contribution in [2.45, 2.75) is 32.7 Å². The summed E-state index contributed by atoms with van der Waals surface area (Å²) in [5, 5.41) is 2.53. The van der Waals surface area contributed by atoms with E-state index < -0.39 is 6.03 Å². The molecule has 1 aliphatic carbocycles. The molecule has 1 saturated carbocycles. The largest absolute Gasteiger partial charge is 0.352 e. The van der Waals surface area contributed by atoms with E-state index in [4.69, 9.17) is 5.73 Å². The molecule has 0 aromatic heterocycles. The van der Waals surface area contributed by atoms with Crippen molar-refractivity contribution < 1.29 is 9.59 Å². The number of nitrogens with zero attached hydrogens (tertiary/aromatic N) is 1. The second kappa shape index (κ2) is 7.11. The number of carbonyl (C=O) groups excluding carboxylic acids is 2. The van der Waals surface area contributed by atoms with Crippen molar-refractivity contribution in [2.75, 3.05) is 13.1 Å². The topological polar surface area (TPSA) is 75.4 Å². The summed E-state index contributed by atoms with van der Waals surface area (Å²) in [6, 6.07) is 6.79. The van der Waals surface area contributed by atoms with E-state index in [2.05, 4.69) is 12.2 Å². The molecule has 5 heteroatoms. The molecule has 1 aliphatic rings. The second-order valence-corrected chi connectivity index (χ2v) is 5.61. The highest BCUT2D eigenvalue weighted by atomic mass is 16.2. The van der Waals surface area contributed by atoms with Crippen LogP contribution in [0.4, 0.5) is 4.79 Å². The number of rotatable bonds is 7. The van der Waals surface area contributed by atoms with Gasteiger partial charge in [-0.1, -0.05) is 19.1 Å². The fourth-order valence-corrected chi connectivity index (χ4v) is 2.29. The number of nitrogens with two attached hydrogens (primary N) is 1. The van der Waals surface area contributed by atoms with Crippen LogP contribution in [0.2, 0.25) is 0 Å². The van der Waals surface area contributed by atoms with Gasteiger partial charge in [0.25, 0.3) is 5.91 Å². The van der Waals surface area contributed by atoms with Crippen LogP contribution in [-0.2, 0) is 6.54 Å². The maximum absolute atomic E-state index is 12.5. The lowest BCUT2D eigenvalue weighted by Crippen LogP contribution is -2.33. The third-order valence-electron chi connectivity index (χ3n) is 3.62. The second-order valence-electron chi connectivity index (χ2n) is 5.61. The van der Waals surface area contributed by atoms with Crippen molar-refractivity contribution >= 4 is 11.9 Å². The van der Waals surface area contributed by atoms with Crippen molar-refractivity contribution in [2.24, 2.45) is 11.7 Å². The molecule has 0 saturated heterocycles. The molecule has 0 aliphatic heterocycles. The molecule has 3 N–H and O–H groups in total. The minimum atomic E-state index is -0.547. The zero-order valence-corrected chi connectivity index (χ0v) is 12.5. The molecule has 2 rings (SSSR count). The van der Waals surface area contributed by atoms with Crippen molar-refractivity contribution in [3.05, 3.63) is 35.4 Å². The molecular weight excluding hydrogens is 266 g/mol. The number of primary amides is 1. The minimum absolute atomic E-state index is 0.0955. The van der Waals surface area contributed by atoms with E-state index in [0.29, 0.717) is 18.0 Å². The van der Waals surface area contributed by atoms with E-state index in [1.54, 1.807) is 0 Å². The SMILES string of the molecule is CCCN(CC1CC1)C(=O)c1ccc(CNC(N)=O)cc1. The quantitative estimate of drug-likeness (QED) is 0.806. The smallest absolute Gasteiger partial charge is 0.312 e. The van der Waals surface area contributed by atoms with E-state index in [9.17, 15) is 9.59 Å². The van der Waals surface area contributed by atoms with Gasteiger partial charge in [-0.15, -0.1) is 0 Å². The van der Waals surface area contributed by atoms with Crippen LogP contribution in [0.3, 0.4) is 0 Å². The Morgan fingerprint density at radius 3 is 2.48 bits per heavy atom. The first kappa shape index (κ1) is 15.4. The molecule has 0 atom stereocenters. The summed E-state index contributed by atoms with van der Waals surface area (Å²) in [6.45, 7) is 4.15. The van der Waals surface area contributed by atoms with Crippen molar-refractivity contribution in [3.63, 3.8) is 0 Å². The lowest BCUT2D eigenvalue weighted by molar-refractivity contribution is 0.0747. The van der Waals surface area contributed by atoms with Crippen molar-refractivity contribution in [1.29, 1.82) is 0 Å². The zero-order valence-electron chi connectivity index (χ0n) is 12.5. The number of urea groups is 1. The number of hydrogen-bond acceptors (Lipinski definition) is 2. The third-order valence-corrected chi connectivity index (χ3v) is 3.62. The van der Waals surface area contributed by atoms with Crippen LogP contribution in [0.1, 0.15) is 42.1 Å². The number of amides is 3. The molecule has 114 valence electrons. The van der Waals surface area contributed by atoms with E-state index in [1.807, 2.05) is 29.2 Å². The van der Waals surface area contributed by atoms with Crippen LogP contribution in [0.25, 0.3) is 0 Å². The molecule has 1 aromatic rings. The average molecular weight is 289 g/mol. The molecule has 1 aromatic carbocycles. The molecule has 1 fully saturated rings. The standard InChI is InChI=1S/C16H23N3O2/c1-2-9-19(11-13-3-4-13)15(20)14-7-5-12(6-8-14)10-18-16(17)21/h5-8,13H,2-4,9-11H2,1H3,(H3,17,18,21). The minimum Gasteiger partial charge on any atom is -0.352 e. The van der Waals surface area contributed by atoms with Gasteiger partial charge in [-0.2, -0.15) is 0 Å². The normalized spacial score (nSPS) is 13.8. The van der Waals surface area contributed by atoms with Crippen LogP contribution in [0, 0.1) is 5.92 Å². The van der Waals surface area contributed by atoms with Gasteiger partial charge in [-0.25, -0.2) is 4.79 Å². The number of benzene rings is 1. The Morgan fingerprint density at radius 1 is 1.29 bits per heavy atom. The Labute approximate surface area is 125 Å². The summed E-state index contributed by atoms with van der Waals surface area (Å²) >= 11 is 0. The van der Waals surface area contributed by atoms with Gasteiger partial charge < -0.3 is 16.0 Å².